The molecule has 0 atom stereocenters. The number of benzene rings is 1. The van der Waals surface area contributed by atoms with E-state index in [0.29, 0.717) is 0 Å². The van der Waals surface area contributed by atoms with E-state index in [1.807, 2.05) is 35.1 Å². The lowest BCUT2D eigenvalue weighted by Crippen LogP contribution is -2.00. The van der Waals surface area contributed by atoms with Crippen molar-refractivity contribution >= 4 is 21.6 Å². The van der Waals surface area contributed by atoms with Gasteiger partial charge in [-0.25, -0.2) is 0 Å². The number of rotatable bonds is 2. The van der Waals surface area contributed by atoms with Crippen LogP contribution >= 0.6 is 15.9 Å². The summed E-state index contributed by atoms with van der Waals surface area (Å²) in [6, 6.07) is 7.81. The largest absolute Gasteiger partial charge is 0.399 e. The number of halogens is 1. The first-order valence-electron chi connectivity index (χ1n) is 4.26. The molecule has 1 heterocycles. The van der Waals surface area contributed by atoms with Gasteiger partial charge in [-0.2, -0.15) is 5.10 Å². The summed E-state index contributed by atoms with van der Waals surface area (Å²) in [5.41, 5.74) is 7.62. The highest BCUT2D eigenvalue weighted by molar-refractivity contribution is 9.10. The van der Waals surface area contributed by atoms with Gasteiger partial charge in [-0.15, -0.1) is 0 Å². The van der Waals surface area contributed by atoms with E-state index >= 15 is 0 Å². The number of nitrogens with zero attached hydrogens (tertiary/aromatic N) is 2. The maximum absolute atomic E-state index is 5.68. The molecule has 0 saturated heterocycles. The second-order valence-corrected chi connectivity index (χ2v) is 4.02. The van der Waals surface area contributed by atoms with Gasteiger partial charge < -0.3 is 5.73 Å². The SMILES string of the molecule is Nc1cccc(Cn2cc(Br)cn2)c1. The average Bonchev–Trinajstić information content (AvgIpc) is 2.51. The van der Waals surface area contributed by atoms with Crippen molar-refractivity contribution in [1.82, 2.24) is 9.78 Å². The van der Waals surface area contributed by atoms with Crippen molar-refractivity contribution in [3.63, 3.8) is 0 Å². The molecular weight excluding hydrogens is 242 g/mol. The van der Waals surface area contributed by atoms with E-state index in [0.717, 1.165) is 22.3 Å². The van der Waals surface area contributed by atoms with Gasteiger partial charge in [-0.3, -0.25) is 4.68 Å². The zero-order valence-electron chi connectivity index (χ0n) is 7.52. The summed E-state index contributed by atoms with van der Waals surface area (Å²) < 4.78 is 2.85. The molecule has 0 aliphatic rings. The van der Waals surface area contributed by atoms with Crippen LogP contribution in [0, 0.1) is 0 Å². The van der Waals surface area contributed by atoms with Crippen molar-refractivity contribution in [1.29, 1.82) is 0 Å². The molecule has 0 aliphatic heterocycles. The van der Waals surface area contributed by atoms with E-state index < -0.39 is 0 Å². The second-order valence-electron chi connectivity index (χ2n) is 3.10. The molecule has 4 heteroatoms. The van der Waals surface area contributed by atoms with Gasteiger partial charge in [-0.1, -0.05) is 12.1 Å². The zero-order valence-corrected chi connectivity index (χ0v) is 9.11. The summed E-state index contributed by atoms with van der Waals surface area (Å²) in [5, 5.41) is 4.17. The summed E-state index contributed by atoms with van der Waals surface area (Å²) >= 11 is 3.35. The van der Waals surface area contributed by atoms with Crippen LogP contribution in [0.3, 0.4) is 0 Å². The Balaban J connectivity index is 2.18. The monoisotopic (exact) mass is 251 g/mol. The van der Waals surface area contributed by atoms with Crippen molar-refractivity contribution in [3.05, 3.63) is 46.7 Å². The number of aromatic nitrogens is 2. The summed E-state index contributed by atoms with van der Waals surface area (Å²) in [6.45, 7) is 0.747. The molecule has 0 amide bonds. The summed E-state index contributed by atoms with van der Waals surface area (Å²) in [6.07, 6.45) is 3.70. The van der Waals surface area contributed by atoms with Gasteiger partial charge in [0.25, 0.3) is 0 Å². The highest BCUT2D eigenvalue weighted by atomic mass is 79.9. The Morgan fingerprint density at radius 1 is 1.43 bits per heavy atom. The summed E-state index contributed by atoms with van der Waals surface area (Å²) in [5.74, 6) is 0. The minimum Gasteiger partial charge on any atom is -0.399 e. The van der Waals surface area contributed by atoms with Crippen LogP contribution in [0.15, 0.2) is 41.1 Å². The van der Waals surface area contributed by atoms with E-state index in [2.05, 4.69) is 21.0 Å². The molecule has 2 N–H and O–H groups in total. The highest BCUT2D eigenvalue weighted by Gasteiger charge is 1.97. The van der Waals surface area contributed by atoms with Gasteiger partial charge in [0.15, 0.2) is 0 Å². The van der Waals surface area contributed by atoms with E-state index in [-0.39, 0.29) is 0 Å². The molecular formula is C10H10BrN3. The topological polar surface area (TPSA) is 43.8 Å². The Kier molecular flexibility index (Phi) is 2.54. The predicted octanol–water partition coefficient (Wildman–Crippen LogP) is 2.28. The molecule has 1 aromatic carbocycles. The first-order valence-corrected chi connectivity index (χ1v) is 5.06. The fraction of sp³-hybridized carbons (Fsp3) is 0.100. The third kappa shape index (κ3) is 2.14. The van der Waals surface area contributed by atoms with Crippen molar-refractivity contribution in [3.8, 4) is 0 Å². The lowest BCUT2D eigenvalue weighted by molar-refractivity contribution is 0.687. The maximum Gasteiger partial charge on any atom is 0.0660 e. The number of nitrogen functional groups attached to an aromatic ring is 1. The lowest BCUT2D eigenvalue weighted by Gasteiger charge is -2.02. The number of hydrogen-bond donors (Lipinski definition) is 1. The first-order chi connectivity index (χ1) is 6.74. The Hall–Kier alpha value is -1.29. The second kappa shape index (κ2) is 3.84. The number of anilines is 1. The van der Waals surface area contributed by atoms with E-state index in [1.54, 1.807) is 6.20 Å². The van der Waals surface area contributed by atoms with Crippen LogP contribution < -0.4 is 5.73 Å². The van der Waals surface area contributed by atoms with Gasteiger partial charge >= 0.3 is 0 Å². The first kappa shape index (κ1) is 9.27. The van der Waals surface area contributed by atoms with Gasteiger partial charge in [-0.05, 0) is 33.6 Å². The minimum absolute atomic E-state index is 0.747. The number of nitrogens with two attached hydrogens (primary N) is 1. The molecule has 3 nitrogen and oxygen atoms in total. The Bertz CT molecular complexity index is 436. The summed E-state index contributed by atoms with van der Waals surface area (Å²) in [4.78, 5) is 0. The zero-order chi connectivity index (χ0) is 9.97. The van der Waals surface area contributed by atoms with Gasteiger partial charge in [0, 0.05) is 11.9 Å². The van der Waals surface area contributed by atoms with Crippen LogP contribution in [0.4, 0.5) is 5.69 Å². The van der Waals surface area contributed by atoms with Gasteiger partial charge in [0.2, 0.25) is 0 Å². The lowest BCUT2D eigenvalue weighted by atomic mass is 10.2. The standard InChI is InChI=1S/C10H10BrN3/c11-9-5-13-14(7-9)6-8-2-1-3-10(12)4-8/h1-5,7H,6,12H2. The fourth-order valence-electron chi connectivity index (χ4n) is 1.30. The fourth-order valence-corrected chi connectivity index (χ4v) is 1.63. The minimum atomic E-state index is 0.747. The molecule has 0 unspecified atom stereocenters. The van der Waals surface area contributed by atoms with Crippen LogP contribution in [-0.4, -0.2) is 9.78 Å². The summed E-state index contributed by atoms with van der Waals surface area (Å²) in [7, 11) is 0. The van der Waals surface area contributed by atoms with E-state index in [1.165, 1.54) is 0 Å². The molecule has 0 radical (unpaired) electrons. The third-order valence-corrected chi connectivity index (χ3v) is 2.31. The third-order valence-electron chi connectivity index (χ3n) is 1.90. The predicted molar refractivity (Wildman–Crippen MR) is 59.9 cm³/mol. The molecule has 0 spiro atoms. The van der Waals surface area contributed by atoms with E-state index in [9.17, 15) is 0 Å². The molecule has 2 rings (SSSR count). The molecule has 2 aromatic rings. The van der Waals surface area contributed by atoms with Crippen molar-refractivity contribution < 1.29 is 0 Å². The van der Waals surface area contributed by atoms with Crippen molar-refractivity contribution in [2.24, 2.45) is 0 Å². The Morgan fingerprint density at radius 3 is 2.93 bits per heavy atom. The van der Waals surface area contributed by atoms with Crippen LogP contribution in [0.1, 0.15) is 5.56 Å². The average molecular weight is 252 g/mol. The Morgan fingerprint density at radius 2 is 2.29 bits per heavy atom. The highest BCUT2D eigenvalue weighted by Crippen LogP contribution is 2.10. The molecule has 0 aliphatic carbocycles. The van der Waals surface area contributed by atoms with Crippen LogP contribution in [-0.2, 0) is 6.54 Å². The van der Waals surface area contributed by atoms with Crippen molar-refractivity contribution in [2.45, 2.75) is 6.54 Å². The molecule has 72 valence electrons. The van der Waals surface area contributed by atoms with Crippen molar-refractivity contribution in [2.75, 3.05) is 5.73 Å². The van der Waals surface area contributed by atoms with E-state index in [4.69, 9.17) is 5.73 Å². The Labute approximate surface area is 90.7 Å². The molecule has 0 saturated carbocycles. The van der Waals surface area contributed by atoms with Crippen LogP contribution in [0.2, 0.25) is 0 Å². The van der Waals surface area contributed by atoms with Crippen LogP contribution in [0.5, 0.6) is 0 Å². The van der Waals surface area contributed by atoms with Gasteiger partial charge in [0.05, 0.1) is 17.2 Å². The molecule has 0 fully saturated rings. The molecule has 1 aromatic heterocycles. The van der Waals surface area contributed by atoms with Gasteiger partial charge in [0.1, 0.15) is 0 Å². The molecule has 14 heavy (non-hydrogen) atoms. The maximum atomic E-state index is 5.68. The number of hydrogen-bond acceptors (Lipinski definition) is 2. The van der Waals surface area contributed by atoms with Crippen LogP contribution in [0.25, 0.3) is 0 Å². The smallest absolute Gasteiger partial charge is 0.0660 e. The normalized spacial score (nSPS) is 10.4. The quantitative estimate of drug-likeness (QED) is 0.833. The molecule has 0 bridgehead atoms.